The summed E-state index contributed by atoms with van der Waals surface area (Å²) in [5, 5.41) is 31.4. The SMILES string of the molecule is CC/C=C\C/C=C\C/C=C\C/C=C\CCCCCCCCC(=O)OCC(COC1OC(C(=O)O)C(O)C(O)C1OC(=O)CC/C=C\C/C=C\C/C=C\C/C=C\CC)OC(=O)CCCCC/C=C\C/C=C\C/C=C\CC. The maximum atomic E-state index is 13.1. The Morgan fingerprint density at radius 3 is 1.28 bits per heavy atom. The van der Waals surface area contributed by atoms with Crippen molar-refractivity contribution in [2.75, 3.05) is 13.2 Å². The van der Waals surface area contributed by atoms with Crippen LogP contribution in [0.2, 0.25) is 0 Å². The van der Waals surface area contributed by atoms with Gasteiger partial charge in [0.05, 0.1) is 6.61 Å². The molecule has 1 aliphatic rings. The van der Waals surface area contributed by atoms with Crippen molar-refractivity contribution >= 4 is 23.9 Å². The highest BCUT2D eigenvalue weighted by molar-refractivity contribution is 5.74. The molecule has 0 aliphatic carbocycles. The quantitative estimate of drug-likeness (QED) is 0.0228. The molecule has 12 nitrogen and oxygen atoms in total. The monoisotopic (exact) mass is 1040 g/mol. The van der Waals surface area contributed by atoms with E-state index in [1.54, 1.807) is 0 Å². The molecule has 0 amide bonds. The van der Waals surface area contributed by atoms with Crippen molar-refractivity contribution in [1.82, 2.24) is 0 Å². The molecule has 6 unspecified atom stereocenters. The van der Waals surface area contributed by atoms with Gasteiger partial charge < -0.3 is 39.0 Å². The molecule has 0 spiro atoms. The Hall–Kier alpha value is -5.14. The van der Waals surface area contributed by atoms with Crippen LogP contribution in [0.3, 0.4) is 0 Å². The Morgan fingerprint density at radius 2 is 0.827 bits per heavy atom. The molecular formula is C63H96O12. The summed E-state index contributed by atoms with van der Waals surface area (Å²) < 4.78 is 28.2. The highest BCUT2D eigenvalue weighted by atomic mass is 16.7. The minimum atomic E-state index is -1.94. The number of hydrogen-bond acceptors (Lipinski definition) is 11. The summed E-state index contributed by atoms with van der Waals surface area (Å²) in [5.41, 5.74) is 0. The van der Waals surface area contributed by atoms with Crippen molar-refractivity contribution < 1.29 is 58.2 Å². The lowest BCUT2D eigenvalue weighted by Gasteiger charge is -2.40. The number of aliphatic hydroxyl groups excluding tert-OH is 2. The first-order valence-electron chi connectivity index (χ1n) is 28.2. The highest BCUT2D eigenvalue weighted by Crippen LogP contribution is 2.26. The van der Waals surface area contributed by atoms with Gasteiger partial charge in [-0.1, -0.05) is 187 Å². The van der Waals surface area contributed by atoms with Gasteiger partial charge in [0.1, 0.15) is 18.8 Å². The van der Waals surface area contributed by atoms with Gasteiger partial charge in [-0.05, 0) is 116 Å². The van der Waals surface area contributed by atoms with Gasteiger partial charge in [0.2, 0.25) is 0 Å². The summed E-state index contributed by atoms with van der Waals surface area (Å²) in [6.45, 7) is 5.54. The molecule has 0 radical (unpaired) electrons. The van der Waals surface area contributed by atoms with Crippen LogP contribution in [-0.4, -0.2) is 89.2 Å². The summed E-state index contributed by atoms with van der Waals surface area (Å²) in [7, 11) is 0. The van der Waals surface area contributed by atoms with Gasteiger partial charge >= 0.3 is 23.9 Å². The second kappa shape index (κ2) is 49.7. The molecule has 1 aliphatic heterocycles. The fraction of sp³-hybridized carbons (Fsp3) is 0.587. The summed E-state index contributed by atoms with van der Waals surface area (Å²) in [6.07, 6.45) is 57.3. The summed E-state index contributed by atoms with van der Waals surface area (Å²) >= 11 is 0. The minimum Gasteiger partial charge on any atom is -0.479 e. The van der Waals surface area contributed by atoms with Gasteiger partial charge in [-0.15, -0.1) is 0 Å². The first-order valence-corrected chi connectivity index (χ1v) is 28.2. The molecule has 1 saturated heterocycles. The topological polar surface area (TPSA) is 175 Å². The van der Waals surface area contributed by atoms with Gasteiger partial charge in [-0.25, -0.2) is 4.79 Å². The van der Waals surface area contributed by atoms with Crippen molar-refractivity contribution in [2.45, 2.75) is 225 Å². The number of hydrogen-bond donors (Lipinski definition) is 3. The molecule has 75 heavy (non-hydrogen) atoms. The van der Waals surface area contributed by atoms with E-state index in [0.29, 0.717) is 25.7 Å². The highest BCUT2D eigenvalue weighted by Gasteiger charge is 2.50. The summed E-state index contributed by atoms with van der Waals surface area (Å²) in [6, 6.07) is 0. The number of carboxylic acids is 1. The number of ether oxygens (including phenoxy) is 5. The van der Waals surface area contributed by atoms with E-state index in [1.165, 1.54) is 0 Å². The van der Waals surface area contributed by atoms with Crippen LogP contribution >= 0.6 is 0 Å². The maximum absolute atomic E-state index is 13.1. The van der Waals surface area contributed by atoms with Crippen LogP contribution in [0.25, 0.3) is 0 Å². The third-order valence-corrected chi connectivity index (χ3v) is 11.7. The van der Waals surface area contributed by atoms with Gasteiger partial charge in [0.25, 0.3) is 0 Å². The largest absolute Gasteiger partial charge is 0.479 e. The molecule has 1 rings (SSSR count). The number of carboxylic acid groups (broad SMARTS) is 1. The Balaban J connectivity index is 2.76. The normalized spacial score (nSPS) is 19.2. The number of allylic oxidation sites excluding steroid dienone is 22. The van der Waals surface area contributed by atoms with Crippen molar-refractivity contribution in [3.05, 3.63) is 134 Å². The number of aliphatic hydroxyl groups is 2. The van der Waals surface area contributed by atoms with Crippen LogP contribution in [0.1, 0.15) is 188 Å². The van der Waals surface area contributed by atoms with Crippen LogP contribution in [0.15, 0.2) is 134 Å². The molecule has 3 N–H and O–H groups in total. The van der Waals surface area contributed by atoms with Crippen LogP contribution in [0.4, 0.5) is 0 Å². The second-order valence-electron chi connectivity index (χ2n) is 18.4. The van der Waals surface area contributed by atoms with E-state index in [2.05, 4.69) is 136 Å². The smallest absolute Gasteiger partial charge is 0.335 e. The van der Waals surface area contributed by atoms with Crippen molar-refractivity contribution in [1.29, 1.82) is 0 Å². The predicted molar refractivity (Wildman–Crippen MR) is 303 cm³/mol. The molecule has 12 heteroatoms. The van der Waals surface area contributed by atoms with Crippen LogP contribution < -0.4 is 0 Å². The van der Waals surface area contributed by atoms with Gasteiger partial charge in [0, 0.05) is 19.3 Å². The Morgan fingerprint density at radius 1 is 0.440 bits per heavy atom. The van der Waals surface area contributed by atoms with E-state index in [0.717, 1.165) is 122 Å². The molecule has 1 heterocycles. The van der Waals surface area contributed by atoms with E-state index in [-0.39, 0.29) is 25.9 Å². The average Bonchev–Trinajstić information content (AvgIpc) is 3.39. The Kier molecular flexibility index (Phi) is 45.0. The van der Waals surface area contributed by atoms with Gasteiger partial charge in [-0.3, -0.25) is 14.4 Å². The Labute approximate surface area is 451 Å². The fourth-order valence-electron chi connectivity index (χ4n) is 7.50. The van der Waals surface area contributed by atoms with E-state index < -0.39 is 67.3 Å². The van der Waals surface area contributed by atoms with Crippen LogP contribution in [-0.2, 0) is 42.9 Å². The minimum absolute atomic E-state index is 0.0731. The lowest BCUT2D eigenvalue weighted by atomic mass is 9.98. The van der Waals surface area contributed by atoms with E-state index in [4.69, 9.17) is 23.7 Å². The zero-order valence-electron chi connectivity index (χ0n) is 46.0. The lowest BCUT2D eigenvalue weighted by molar-refractivity contribution is -0.301. The number of rotatable bonds is 45. The first-order chi connectivity index (χ1) is 36.6. The molecule has 0 aromatic heterocycles. The predicted octanol–water partition coefficient (Wildman–Crippen LogP) is 14.2. The van der Waals surface area contributed by atoms with E-state index in [9.17, 15) is 34.5 Å². The molecular weight excluding hydrogens is 949 g/mol. The number of aliphatic carboxylic acids is 1. The number of unbranched alkanes of at least 4 members (excludes halogenated alkanes) is 9. The third-order valence-electron chi connectivity index (χ3n) is 11.7. The number of esters is 3. The molecule has 0 saturated carbocycles. The summed E-state index contributed by atoms with van der Waals surface area (Å²) in [5.74, 6) is -3.31. The van der Waals surface area contributed by atoms with Crippen LogP contribution in [0, 0.1) is 0 Å². The molecule has 420 valence electrons. The molecule has 1 fully saturated rings. The van der Waals surface area contributed by atoms with Gasteiger partial charge in [-0.2, -0.15) is 0 Å². The maximum Gasteiger partial charge on any atom is 0.335 e. The van der Waals surface area contributed by atoms with E-state index >= 15 is 0 Å². The molecule has 0 aromatic rings. The average molecular weight is 1050 g/mol. The number of carbonyl (C=O) groups is 4. The Bertz CT molecular complexity index is 1810. The third kappa shape index (κ3) is 39.9. The second-order valence-corrected chi connectivity index (χ2v) is 18.4. The van der Waals surface area contributed by atoms with Crippen molar-refractivity contribution in [3.63, 3.8) is 0 Å². The van der Waals surface area contributed by atoms with Crippen molar-refractivity contribution in [2.24, 2.45) is 0 Å². The lowest BCUT2D eigenvalue weighted by Crippen LogP contribution is -2.61. The molecule has 0 aromatic carbocycles. The zero-order chi connectivity index (χ0) is 54.7. The molecule has 0 bridgehead atoms. The summed E-state index contributed by atoms with van der Waals surface area (Å²) in [4.78, 5) is 51.0. The first kappa shape index (κ1) is 67.9. The van der Waals surface area contributed by atoms with E-state index in [1.807, 2.05) is 18.2 Å². The standard InChI is InChI=1S/C63H96O12/c1-4-7-10-13-16-19-22-25-26-27-28-29-30-33-34-37-40-43-46-49-55(64)71-52-54(73-56(65)50-47-44-41-38-35-31-23-20-17-14-11-8-5-2)53-72-63-61(59(68)58(67)60(75-63)62(69)70)74-57(66)51-48-45-42-39-36-32-24-21-18-15-12-9-6-3/h7-12,16-21,25-26,28-29,31-32,35-36,42,45,54,58-61,63,67-68H,4-6,13-15,22-24,27,30,33-34,37-41,43-44,46-53H2,1-3H3,(H,69,70)/b10-7-,11-8-,12-9-,19-16-,20-17-,21-18-,26-25-,29-28-,35-31-,36-32-,45-42-. The molecule has 6 atom stereocenters. The zero-order valence-corrected chi connectivity index (χ0v) is 46.0. The van der Waals surface area contributed by atoms with Crippen LogP contribution in [0.5, 0.6) is 0 Å². The van der Waals surface area contributed by atoms with Gasteiger partial charge in [0.15, 0.2) is 24.6 Å². The number of carbonyl (C=O) groups excluding carboxylic acids is 3. The fourth-order valence-corrected chi connectivity index (χ4v) is 7.50. The van der Waals surface area contributed by atoms with Crippen molar-refractivity contribution in [3.8, 4) is 0 Å².